The van der Waals surface area contributed by atoms with Crippen LogP contribution in [0.25, 0.3) is 10.9 Å². The van der Waals surface area contributed by atoms with Crippen molar-refractivity contribution in [2.75, 3.05) is 32.5 Å². The Morgan fingerprint density at radius 3 is 2.50 bits per heavy atom. The molecule has 1 amide bonds. The third-order valence-electron chi connectivity index (χ3n) is 4.89. The number of anilines is 1. The molecule has 1 aliphatic rings. The fraction of sp³-hybridized carbons (Fsp3) is 0.238. The van der Waals surface area contributed by atoms with Crippen LogP contribution >= 0.6 is 23.4 Å². The molecule has 30 heavy (non-hydrogen) atoms. The molecule has 1 saturated heterocycles. The van der Waals surface area contributed by atoms with E-state index in [-0.39, 0.29) is 11.3 Å². The zero-order valence-electron chi connectivity index (χ0n) is 16.6. The second kappa shape index (κ2) is 8.49. The van der Waals surface area contributed by atoms with Crippen LogP contribution in [0.3, 0.4) is 0 Å². The summed E-state index contributed by atoms with van der Waals surface area (Å²) >= 11 is 7.33. The normalized spacial score (nSPS) is 16.1. The van der Waals surface area contributed by atoms with Crippen LogP contribution < -0.4 is 19.6 Å². The highest BCUT2D eigenvalue weighted by Crippen LogP contribution is 2.44. The predicted molar refractivity (Wildman–Crippen MR) is 119 cm³/mol. The molecule has 0 spiro atoms. The Kier molecular flexibility index (Phi) is 5.78. The number of carbonyl (C=O) groups is 1. The van der Waals surface area contributed by atoms with Crippen molar-refractivity contribution in [3.05, 3.63) is 53.2 Å². The number of nitrogens with zero attached hydrogens (tertiary/aromatic N) is 2. The van der Waals surface area contributed by atoms with Crippen molar-refractivity contribution in [3.8, 4) is 17.2 Å². The third-order valence-corrected chi connectivity index (χ3v) is 6.05. The summed E-state index contributed by atoms with van der Waals surface area (Å²) in [5.41, 5.74) is 5.66. The zero-order valence-corrected chi connectivity index (χ0v) is 18.2. The molecular weight excluding hydrogens is 426 g/mol. The number of carbonyl (C=O) groups excluding carboxylic acids is 1. The number of thioether (sulfide) groups is 1. The SMILES string of the molecule is COc1cc(C2CSC(=O)N2Nc2ccnc3cc(Cl)ccc23)cc(OC)c1OC. The van der Waals surface area contributed by atoms with E-state index in [4.69, 9.17) is 25.8 Å². The lowest BCUT2D eigenvalue weighted by Gasteiger charge is -2.27. The highest BCUT2D eigenvalue weighted by atomic mass is 35.5. The minimum atomic E-state index is -0.230. The van der Waals surface area contributed by atoms with E-state index in [0.29, 0.717) is 28.0 Å². The second-order valence-electron chi connectivity index (χ2n) is 6.55. The first kappa shape index (κ1) is 20.4. The number of rotatable bonds is 6. The summed E-state index contributed by atoms with van der Waals surface area (Å²) in [6.45, 7) is 0. The summed E-state index contributed by atoms with van der Waals surface area (Å²) in [5.74, 6) is 2.18. The average Bonchev–Trinajstić information content (AvgIpc) is 3.12. The van der Waals surface area contributed by atoms with Crippen LogP contribution in [0.2, 0.25) is 5.02 Å². The Hall–Kier alpha value is -2.84. The van der Waals surface area contributed by atoms with E-state index < -0.39 is 0 Å². The first-order chi connectivity index (χ1) is 14.5. The number of amides is 1. The molecule has 2 heterocycles. The minimum absolute atomic E-state index is 0.0762. The second-order valence-corrected chi connectivity index (χ2v) is 7.96. The van der Waals surface area contributed by atoms with Crippen molar-refractivity contribution >= 4 is 45.2 Å². The van der Waals surface area contributed by atoms with Gasteiger partial charge in [0.1, 0.15) is 0 Å². The summed E-state index contributed by atoms with van der Waals surface area (Å²) in [7, 11) is 4.70. The van der Waals surface area contributed by atoms with Gasteiger partial charge in [0.2, 0.25) is 5.75 Å². The van der Waals surface area contributed by atoms with Crippen LogP contribution in [-0.2, 0) is 0 Å². The number of hydrazine groups is 1. The van der Waals surface area contributed by atoms with Gasteiger partial charge in [-0.2, -0.15) is 0 Å². The van der Waals surface area contributed by atoms with E-state index in [1.807, 2.05) is 24.3 Å². The smallest absolute Gasteiger partial charge is 0.300 e. The van der Waals surface area contributed by atoms with Gasteiger partial charge in [0.05, 0.1) is 38.6 Å². The lowest BCUT2D eigenvalue weighted by Crippen LogP contribution is -2.33. The Labute approximate surface area is 183 Å². The molecule has 1 atom stereocenters. The maximum Gasteiger partial charge on any atom is 0.300 e. The molecule has 1 fully saturated rings. The molecule has 0 radical (unpaired) electrons. The maximum atomic E-state index is 12.7. The molecule has 1 N–H and O–H groups in total. The van der Waals surface area contributed by atoms with E-state index in [2.05, 4.69) is 10.4 Å². The molecule has 9 heteroatoms. The number of methoxy groups -OCH3 is 3. The zero-order chi connectivity index (χ0) is 21.3. The number of benzene rings is 2. The van der Waals surface area contributed by atoms with Gasteiger partial charge >= 0.3 is 5.24 Å². The van der Waals surface area contributed by atoms with Gasteiger partial charge in [-0.05, 0) is 42.0 Å². The van der Waals surface area contributed by atoms with Gasteiger partial charge in [0.15, 0.2) is 11.5 Å². The lowest BCUT2D eigenvalue weighted by molar-refractivity contribution is 0.225. The number of fused-ring (bicyclic) bond motifs is 1. The molecule has 7 nitrogen and oxygen atoms in total. The van der Waals surface area contributed by atoms with Crippen molar-refractivity contribution in [3.63, 3.8) is 0 Å². The molecule has 0 bridgehead atoms. The van der Waals surface area contributed by atoms with Gasteiger partial charge in [-0.25, -0.2) is 5.01 Å². The molecule has 156 valence electrons. The van der Waals surface area contributed by atoms with E-state index in [1.165, 1.54) is 11.8 Å². The Balaban J connectivity index is 1.72. The molecule has 0 aliphatic carbocycles. The molecule has 1 unspecified atom stereocenters. The highest BCUT2D eigenvalue weighted by Gasteiger charge is 2.35. The fourth-order valence-corrected chi connectivity index (χ4v) is 4.55. The molecular formula is C21H20ClN3O4S. The van der Waals surface area contributed by atoms with Crippen LogP contribution in [0, 0.1) is 0 Å². The number of hydrogen-bond donors (Lipinski definition) is 1. The third kappa shape index (κ3) is 3.68. The van der Waals surface area contributed by atoms with Gasteiger partial charge in [-0.1, -0.05) is 23.4 Å². The van der Waals surface area contributed by atoms with Gasteiger partial charge in [-0.15, -0.1) is 0 Å². The summed E-state index contributed by atoms with van der Waals surface area (Å²) in [4.78, 5) is 17.0. The van der Waals surface area contributed by atoms with Crippen molar-refractivity contribution in [2.24, 2.45) is 0 Å². The van der Waals surface area contributed by atoms with Crippen molar-refractivity contribution in [1.29, 1.82) is 0 Å². The Bertz CT molecular complexity index is 1090. The van der Waals surface area contributed by atoms with Gasteiger partial charge < -0.3 is 14.2 Å². The molecule has 3 aromatic rings. The summed E-state index contributed by atoms with van der Waals surface area (Å²) < 4.78 is 16.4. The molecule has 4 rings (SSSR count). The predicted octanol–water partition coefficient (Wildman–Crippen LogP) is 5.15. The van der Waals surface area contributed by atoms with Crippen LogP contribution in [0.1, 0.15) is 11.6 Å². The summed E-state index contributed by atoms with van der Waals surface area (Å²) in [6.07, 6.45) is 1.68. The standard InChI is InChI=1S/C21H20ClN3O4S/c1-27-18-8-12(9-19(28-2)20(18)29-3)17-11-30-21(26)25(17)24-15-6-7-23-16-10-13(22)4-5-14(15)16/h4-10,17H,11H2,1-3H3,(H,23,24). The first-order valence-electron chi connectivity index (χ1n) is 9.12. The molecule has 1 aromatic heterocycles. The van der Waals surface area contributed by atoms with Gasteiger partial charge in [0.25, 0.3) is 0 Å². The molecule has 1 aliphatic heterocycles. The van der Waals surface area contributed by atoms with Crippen molar-refractivity contribution < 1.29 is 19.0 Å². The quantitative estimate of drug-likeness (QED) is 0.562. The number of pyridine rings is 1. The Morgan fingerprint density at radius 2 is 1.83 bits per heavy atom. The largest absolute Gasteiger partial charge is 0.493 e. The van der Waals surface area contributed by atoms with Crippen molar-refractivity contribution in [2.45, 2.75) is 6.04 Å². The van der Waals surface area contributed by atoms with E-state index >= 15 is 0 Å². The maximum absolute atomic E-state index is 12.7. The monoisotopic (exact) mass is 445 g/mol. The van der Waals surface area contributed by atoms with E-state index in [1.54, 1.807) is 44.7 Å². The summed E-state index contributed by atoms with van der Waals surface area (Å²) in [6, 6.07) is 10.8. The van der Waals surface area contributed by atoms with E-state index in [0.717, 1.165) is 22.2 Å². The van der Waals surface area contributed by atoms with Crippen LogP contribution in [-0.4, -0.2) is 42.3 Å². The summed E-state index contributed by atoms with van der Waals surface area (Å²) in [5, 5.41) is 3.02. The van der Waals surface area contributed by atoms with Crippen molar-refractivity contribution in [1.82, 2.24) is 9.99 Å². The lowest BCUT2D eigenvalue weighted by atomic mass is 10.1. The number of halogens is 1. The number of hydrogen-bond acceptors (Lipinski definition) is 7. The number of aromatic nitrogens is 1. The van der Waals surface area contributed by atoms with Crippen LogP contribution in [0.4, 0.5) is 10.5 Å². The molecule has 2 aromatic carbocycles. The highest BCUT2D eigenvalue weighted by molar-refractivity contribution is 8.13. The van der Waals surface area contributed by atoms with Crippen LogP contribution in [0.15, 0.2) is 42.6 Å². The average molecular weight is 446 g/mol. The van der Waals surface area contributed by atoms with Gasteiger partial charge in [0, 0.05) is 22.4 Å². The van der Waals surface area contributed by atoms with Crippen LogP contribution in [0.5, 0.6) is 17.2 Å². The number of nitrogens with one attached hydrogen (secondary N) is 1. The first-order valence-corrected chi connectivity index (χ1v) is 10.5. The Morgan fingerprint density at radius 1 is 1.10 bits per heavy atom. The van der Waals surface area contributed by atoms with Gasteiger partial charge in [-0.3, -0.25) is 15.2 Å². The number of ether oxygens (including phenoxy) is 3. The van der Waals surface area contributed by atoms with E-state index in [9.17, 15) is 4.79 Å². The fourth-order valence-electron chi connectivity index (χ4n) is 3.43. The minimum Gasteiger partial charge on any atom is -0.493 e. The molecule has 0 saturated carbocycles. The topological polar surface area (TPSA) is 72.9 Å².